The number of hydrogen-bond acceptors (Lipinski definition) is 2. The highest BCUT2D eigenvalue weighted by Crippen LogP contribution is 2.32. The van der Waals surface area contributed by atoms with Crippen LogP contribution in [0, 0.1) is 0 Å². The van der Waals surface area contributed by atoms with E-state index in [1.807, 2.05) is 28.9 Å². The number of hydrogen-bond donors (Lipinski definition) is 1. The average molecular weight is 423 g/mol. The summed E-state index contributed by atoms with van der Waals surface area (Å²) in [5.74, 6) is 1.08. The zero-order valence-electron chi connectivity index (χ0n) is 12.7. The molecule has 3 nitrogen and oxygen atoms in total. The van der Waals surface area contributed by atoms with Gasteiger partial charge in [-0.25, -0.2) is 4.68 Å². The smallest absolute Gasteiger partial charge is 0.133 e. The monoisotopic (exact) mass is 421 g/mol. The molecule has 6 heteroatoms. The molecule has 3 aromatic rings. The average Bonchev–Trinajstić information content (AvgIpc) is 3.15. The highest BCUT2D eigenvalue weighted by molar-refractivity contribution is 9.10. The van der Waals surface area contributed by atoms with E-state index in [9.17, 15) is 0 Å². The van der Waals surface area contributed by atoms with Crippen molar-refractivity contribution in [1.29, 1.82) is 0 Å². The van der Waals surface area contributed by atoms with Crippen LogP contribution in [0.5, 0.6) is 0 Å². The van der Waals surface area contributed by atoms with E-state index in [-0.39, 0.29) is 0 Å². The van der Waals surface area contributed by atoms with E-state index in [1.54, 1.807) is 6.07 Å². The number of aromatic nitrogens is 2. The van der Waals surface area contributed by atoms with E-state index in [0.717, 1.165) is 40.2 Å². The van der Waals surface area contributed by atoms with Crippen molar-refractivity contribution in [3.05, 3.63) is 73.8 Å². The van der Waals surface area contributed by atoms with E-state index in [0.29, 0.717) is 16.5 Å². The first-order valence-corrected chi connectivity index (χ1v) is 9.21. The first-order chi connectivity index (χ1) is 11.6. The number of halogens is 3. The van der Waals surface area contributed by atoms with Crippen LogP contribution in [-0.2, 0) is 12.8 Å². The van der Waals surface area contributed by atoms with Crippen molar-refractivity contribution in [2.24, 2.45) is 0 Å². The van der Waals surface area contributed by atoms with E-state index in [2.05, 4.69) is 33.4 Å². The summed E-state index contributed by atoms with van der Waals surface area (Å²) in [5, 5.41) is 9.61. The quantitative estimate of drug-likeness (QED) is 0.603. The second kappa shape index (κ2) is 6.43. The van der Waals surface area contributed by atoms with Crippen LogP contribution in [-0.4, -0.2) is 16.3 Å². The van der Waals surface area contributed by atoms with Crippen molar-refractivity contribution in [2.75, 3.05) is 11.9 Å². The summed E-state index contributed by atoms with van der Waals surface area (Å²) in [6.07, 6.45) is 1.68. The summed E-state index contributed by atoms with van der Waals surface area (Å²) >= 11 is 15.8. The fourth-order valence-electron chi connectivity index (χ4n) is 3.00. The zero-order chi connectivity index (χ0) is 16.7. The second-order valence-electron chi connectivity index (χ2n) is 5.75. The molecule has 0 saturated heterocycles. The topological polar surface area (TPSA) is 29.9 Å². The van der Waals surface area contributed by atoms with Crippen LogP contribution >= 0.6 is 39.1 Å². The standard InChI is InChI=1S/C18H14BrCl2N3/c19-12-2-5-14(6-3-12)24-18-15(7-8-22-18)17(23-24)9-11-1-4-13(20)10-16(11)21/h1-6,10,22H,7-9H2. The molecule has 0 aliphatic carbocycles. The van der Waals surface area contributed by atoms with E-state index in [4.69, 9.17) is 28.3 Å². The molecule has 24 heavy (non-hydrogen) atoms. The van der Waals surface area contributed by atoms with Gasteiger partial charge in [0.25, 0.3) is 0 Å². The molecule has 1 aliphatic heterocycles. The molecule has 2 heterocycles. The van der Waals surface area contributed by atoms with Gasteiger partial charge in [0, 0.05) is 33.0 Å². The van der Waals surface area contributed by atoms with Crippen LogP contribution < -0.4 is 5.32 Å². The highest BCUT2D eigenvalue weighted by Gasteiger charge is 2.23. The van der Waals surface area contributed by atoms with E-state index >= 15 is 0 Å². The molecular weight excluding hydrogens is 409 g/mol. The van der Waals surface area contributed by atoms with Crippen LogP contribution in [0.3, 0.4) is 0 Å². The Labute approximate surface area is 158 Å². The first-order valence-electron chi connectivity index (χ1n) is 7.66. The third-order valence-corrected chi connectivity index (χ3v) is 5.29. The van der Waals surface area contributed by atoms with Gasteiger partial charge in [0.2, 0.25) is 0 Å². The van der Waals surface area contributed by atoms with Gasteiger partial charge >= 0.3 is 0 Å². The Morgan fingerprint density at radius 1 is 1.12 bits per heavy atom. The lowest BCUT2D eigenvalue weighted by molar-refractivity contribution is 0.839. The van der Waals surface area contributed by atoms with Crippen molar-refractivity contribution in [3.8, 4) is 5.69 Å². The minimum atomic E-state index is 0.649. The Morgan fingerprint density at radius 3 is 2.67 bits per heavy atom. The third-order valence-electron chi connectivity index (χ3n) is 4.18. The van der Waals surface area contributed by atoms with Gasteiger partial charge in [0.15, 0.2) is 0 Å². The summed E-state index contributed by atoms with van der Waals surface area (Å²) in [6, 6.07) is 13.8. The van der Waals surface area contributed by atoms with Crippen LogP contribution in [0.15, 0.2) is 46.9 Å². The van der Waals surface area contributed by atoms with Gasteiger partial charge in [-0.05, 0) is 48.4 Å². The minimum absolute atomic E-state index is 0.649. The number of fused-ring (bicyclic) bond motifs is 1. The molecule has 1 N–H and O–H groups in total. The fraction of sp³-hybridized carbons (Fsp3) is 0.167. The largest absolute Gasteiger partial charge is 0.369 e. The van der Waals surface area contributed by atoms with Gasteiger partial charge in [-0.15, -0.1) is 0 Å². The predicted molar refractivity (Wildman–Crippen MR) is 103 cm³/mol. The number of nitrogens with zero attached hydrogens (tertiary/aromatic N) is 2. The van der Waals surface area contributed by atoms with E-state index in [1.165, 1.54) is 5.56 Å². The maximum Gasteiger partial charge on any atom is 0.133 e. The van der Waals surface area contributed by atoms with Gasteiger partial charge in [-0.2, -0.15) is 5.10 Å². The molecule has 0 amide bonds. The molecule has 0 radical (unpaired) electrons. The zero-order valence-corrected chi connectivity index (χ0v) is 15.8. The van der Waals surface area contributed by atoms with Crippen molar-refractivity contribution in [3.63, 3.8) is 0 Å². The lowest BCUT2D eigenvalue weighted by Gasteiger charge is -2.06. The SMILES string of the molecule is Clc1ccc(Cc2nn(-c3ccc(Br)cc3)c3c2CCN3)c(Cl)c1. The Bertz CT molecular complexity index is 903. The van der Waals surface area contributed by atoms with Crippen LogP contribution in [0.25, 0.3) is 5.69 Å². The van der Waals surface area contributed by atoms with Crippen molar-refractivity contribution in [1.82, 2.24) is 9.78 Å². The molecule has 0 spiro atoms. The first kappa shape index (κ1) is 16.0. The fourth-order valence-corrected chi connectivity index (χ4v) is 3.74. The molecule has 4 rings (SSSR count). The molecule has 122 valence electrons. The molecule has 1 aliphatic rings. The van der Waals surface area contributed by atoms with E-state index < -0.39 is 0 Å². The lowest BCUT2D eigenvalue weighted by atomic mass is 10.1. The summed E-state index contributed by atoms with van der Waals surface area (Å²) < 4.78 is 3.03. The molecule has 2 aromatic carbocycles. The Morgan fingerprint density at radius 2 is 1.92 bits per heavy atom. The van der Waals surface area contributed by atoms with Crippen LogP contribution in [0.1, 0.15) is 16.8 Å². The Balaban J connectivity index is 1.74. The molecule has 0 saturated carbocycles. The van der Waals surface area contributed by atoms with Crippen LogP contribution in [0.4, 0.5) is 5.82 Å². The van der Waals surface area contributed by atoms with Crippen molar-refractivity contribution in [2.45, 2.75) is 12.8 Å². The number of rotatable bonds is 3. The number of anilines is 1. The lowest BCUT2D eigenvalue weighted by Crippen LogP contribution is -2.05. The minimum Gasteiger partial charge on any atom is -0.369 e. The predicted octanol–water partition coefficient (Wildman–Crippen LogP) is 5.50. The van der Waals surface area contributed by atoms with Gasteiger partial charge in [-0.1, -0.05) is 45.2 Å². The highest BCUT2D eigenvalue weighted by atomic mass is 79.9. The third kappa shape index (κ3) is 2.94. The maximum atomic E-state index is 6.33. The molecule has 0 fully saturated rings. The number of nitrogens with one attached hydrogen (secondary N) is 1. The Hall–Kier alpha value is -1.49. The molecule has 0 unspecified atom stereocenters. The van der Waals surface area contributed by atoms with Gasteiger partial charge in [-0.3, -0.25) is 0 Å². The summed E-state index contributed by atoms with van der Waals surface area (Å²) in [7, 11) is 0. The van der Waals surface area contributed by atoms with Crippen molar-refractivity contribution >= 4 is 44.9 Å². The van der Waals surface area contributed by atoms with Gasteiger partial charge < -0.3 is 5.32 Å². The molecule has 0 bridgehead atoms. The summed E-state index contributed by atoms with van der Waals surface area (Å²) in [5.41, 5.74) is 4.40. The number of benzene rings is 2. The van der Waals surface area contributed by atoms with Crippen LogP contribution in [0.2, 0.25) is 10.0 Å². The molecular formula is C18H14BrCl2N3. The Kier molecular flexibility index (Phi) is 4.29. The van der Waals surface area contributed by atoms with Crippen molar-refractivity contribution < 1.29 is 0 Å². The summed E-state index contributed by atoms with van der Waals surface area (Å²) in [4.78, 5) is 0. The summed E-state index contributed by atoms with van der Waals surface area (Å²) in [6.45, 7) is 0.936. The van der Waals surface area contributed by atoms with Gasteiger partial charge in [0.05, 0.1) is 11.4 Å². The molecule has 1 aromatic heterocycles. The van der Waals surface area contributed by atoms with Gasteiger partial charge in [0.1, 0.15) is 5.82 Å². The maximum absolute atomic E-state index is 6.33. The normalized spacial score (nSPS) is 13.0. The molecule has 0 atom stereocenters. The second-order valence-corrected chi connectivity index (χ2v) is 7.51.